The molecule has 0 saturated carbocycles. The Bertz CT molecular complexity index is 532. The van der Waals surface area contributed by atoms with E-state index in [9.17, 15) is 4.79 Å². The Hall–Kier alpha value is -2.03. The molecule has 5 heteroatoms. The molecule has 0 unspecified atom stereocenters. The van der Waals surface area contributed by atoms with Crippen LogP contribution >= 0.6 is 0 Å². The number of rotatable bonds is 7. The van der Waals surface area contributed by atoms with E-state index in [1.807, 2.05) is 30.0 Å². The van der Waals surface area contributed by atoms with Crippen LogP contribution in [0.2, 0.25) is 0 Å². The summed E-state index contributed by atoms with van der Waals surface area (Å²) in [6.07, 6.45) is 0.435. The third-order valence-electron chi connectivity index (χ3n) is 2.99. The van der Waals surface area contributed by atoms with Gasteiger partial charge in [-0.15, -0.1) is 0 Å². The third kappa shape index (κ3) is 5.86. The van der Waals surface area contributed by atoms with Crippen molar-refractivity contribution in [1.82, 2.24) is 4.90 Å². The van der Waals surface area contributed by atoms with Crippen LogP contribution in [-0.2, 0) is 11.3 Å². The summed E-state index contributed by atoms with van der Waals surface area (Å²) in [5.74, 6) is 6.34. The number of hydrogen-bond acceptors (Lipinski definition) is 4. The zero-order valence-corrected chi connectivity index (χ0v) is 12.6. The number of aliphatic hydroxyl groups is 1. The minimum absolute atomic E-state index is 0.0429. The van der Waals surface area contributed by atoms with Crippen LogP contribution in [0.3, 0.4) is 0 Å². The number of carbonyl (C=O) groups is 1. The first-order valence-corrected chi connectivity index (χ1v) is 6.88. The van der Waals surface area contributed by atoms with Gasteiger partial charge in [0.15, 0.2) is 0 Å². The van der Waals surface area contributed by atoms with Crippen LogP contribution in [0.15, 0.2) is 18.2 Å². The molecule has 0 saturated heterocycles. The zero-order chi connectivity index (χ0) is 15.7. The monoisotopic (exact) mass is 290 g/mol. The molecule has 1 rings (SSSR count). The Kier molecular flexibility index (Phi) is 7.30. The Morgan fingerprint density at radius 3 is 2.81 bits per heavy atom. The van der Waals surface area contributed by atoms with Crippen molar-refractivity contribution in [3.8, 4) is 17.6 Å². The Morgan fingerprint density at radius 2 is 2.24 bits per heavy atom. The largest absolute Gasteiger partial charge is 0.497 e. The van der Waals surface area contributed by atoms with Gasteiger partial charge in [-0.2, -0.15) is 0 Å². The fourth-order valence-corrected chi connectivity index (χ4v) is 1.90. The minimum Gasteiger partial charge on any atom is -0.497 e. The van der Waals surface area contributed by atoms with E-state index in [1.54, 1.807) is 7.11 Å². The highest BCUT2D eigenvalue weighted by Crippen LogP contribution is 2.19. The van der Waals surface area contributed by atoms with Gasteiger partial charge in [0.1, 0.15) is 5.75 Å². The van der Waals surface area contributed by atoms with Crippen molar-refractivity contribution in [3.05, 3.63) is 29.3 Å². The second kappa shape index (κ2) is 9.01. The number of nitrogens with two attached hydrogens (primary N) is 1. The standard InChI is InChI=1S/C16H22N2O3/c1-3-18(12-16(17)20)11-14-10-15(21-2)8-7-13(14)6-4-5-9-19/h7-8,10,19H,3,5,9,11-12H2,1-2H3,(H2,17,20). The molecule has 0 aliphatic carbocycles. The van der Waals surface area contributed by atoms with Gasteiger partial charge in [-0.3, -0.25) is 9.69 Å². The first-order chi connectivity index (χ1) is 10.1. The maximum atomic E-state index is 11.1. The van der Waals surface area contributed by atoms with Crippen molar-refractivity contribution < 1.29 is 14.6 Å². The molecule has 0 aliphatic rings. The average molecular weight is 290 g/mol. The normalized spacial score (nSPS) is 10.1. The number of nitrogens with zero attached hydrogens (tertiary/aromatic N) is 1. The summed E-state index contributed by atoms with van der Waals surface area (Å²) >= 11 is 0. The van der Waals surface area contributed by atoms with Crippen LogP contribution in [0, 0.1) is 11.8 Å². The van der Waals surface area contributed by atoms with E-state index in [0.29, 0.717) is 19.5 Å². The summed E-state index contributed by atoms with van der Waals surface area (Å²) < 4.78 is 5.23. The van der Waals surface area contributed by atoms with Gasteiger partial charge in [-0.25, -0.2) is 0 Å². The Balaban J connectivity index is 3.00. The molecule has 0 aromatic heterocycles. The number of hydrogen-bond donors (Lipinski definition) is 2. The molecule has 0 fully saturated rings. The number of aliphatic hydroxyl groups excluding tert-OH is 1. The average Bonchev–Trinajstić information content (AvgIpc) is 2.47. The van der Waals surface area contributed by atoms with E-state index in [4.69, 9.17) is 15.6 Å². The summed E-state index contributed by atoms with van der Waals surface area (Å²) in [4.78, 5) is 13.0. The molecule has 21 heavy (non-hydrogen) atoms. The lowest BCUT2D eigenvalue weighted by Gasteiger charge is -2.19. The predicted octanol–water partition coefficient (Wildman–Crippen LogP) is 0.736. The maximum absolute atomic E-state index is 11.1. The highest BCUT2D eigenvalue weighted by atomic mass is 16.5. The molecule has 114 valence electrons. The van der Waals surface area contributed by atoms with Gasteiger partial charge in [-0.1, -0.05) is 18.8 Å². The first kappa shape index (κ1) is 17.0. The number of ether oxygens (including phenoxy) is 1. The lowest BCUT2D eigenvalue weighted by Crippen LogP contribution is -2.33. The van der Waals surface area contributed by atoms with Crippen molar-refractivity contribution in [3.63, 3.8) is 0 Å². The molecule has 3 N–H and O–H groups in total. The molecule has 0 bridgehead atoms. The fraction of sp³-hybridized carbons (Fsp3) is 0.438. The van der Waals surface area contributed by atoms with E-state index >= 15 is 0 Å². The summed E-state index contributed by atoms with van der Waals surface area (Å²) in [7, 11) is 1.61. The molecule has 5 nitrogen and oxygen atoms in total. The molecule has 0 atom stereocenters. The van der Waals surface area contributed by atoms with Crippen molar-refractivity contribution in [1.29, 1.82) is 0 Å². The number of carbonyl (C=O) groups excluding carboxylic acids is 1. The van der Waals surface area contributed by atoms with Crippen LogP contribution in [0.25, 0.3) is 0 Å². The maximum Gasteiger partial charge on any atom is 0.231 e. The van der Waals surface area contributed by atoms with E-state index < -0.39 is 0 Å². The van der Waals surface area contributed by atoms with Crippen LogP contribution in [0.1, 0.15) is 24.5 Å². The van der Waals surface area contributed by atoms with Crippen molar-refractivity contribution >= 4 is 5.91 Å². The Morgan fingerprint density at radius 1 is 1.48 bits per heavy atom. The number of benzene rings is 1. The van der Waals surface area contributed by atoms with Crippen molar-refractivity contribution in [2.75, 3.05) is 26.8 Å². The van der Waals surface area contributed by atoms with E-state index in [-0.39, 0.29) is 19.1 Å². The molecular formula is C16H22N2O3. The number of primary amides is 1. The minimum atomic E-state index is -0.354. The van der Waals surface area contributed by atoms with Gasteiger partial charge in [0, 0.05) is 18.5 Å². The number of amides is 1. The summed E-state index contributed by atoms with van der Waals surface area (Å²) in [6.45, 7) is 3.50. The van der Waals surface area contributed by atoms with E-state index in [2.05, 4.69) is 11.8 Å². The van der Waals surface area contributed by atoms with Gasteiger partial charge in [0.05, 0.1) is 20.3 Å². The van der Waals surface area contributed by atoms with E-state index in [1.165, 1.54) is 0 Å². The lowest BCUT2D eigenvalue weighted by atomic mass is 10.1. The van der Waals surface area contributed by atoms with Crippen molar-refractivity contribution in [2.24, 2.45) is 5.73 Å². The summed E-state index contributed by atoms with van der Waals surface area (Å²) in [6, 6.07) is 5.64. The van der Waals surface area contributed by atoms with Gasteiger partial charge < -0.3 is 15.6 Å². The summed E-state index contributed by atoms with van der Waals surface area (Å²) in [5, 5.41) is 8.80. The highest BCUT2D eigenvalue weighted by molar-refractivity contribution is 5.75. The summed E-state index contributed by atoms with van der Waals surface area (Å²) in [5.41, 5.74) is 7.10. The van der Waals surface area contributed by atoms with Gasteiger partial charge in [-0.05, 0) is 30.3 Å². The topological polar surface area (TPSA) is 75.8 Å². The van der Waals surface area contributed by atoms with Crippen LogP contribution in [0.5, 0.6) is 5.75 Å². The third-order valence-corrected chi connectivity index (χ3v) is 2.99. The van der Waals surface area contributed by atoms with Gasteiger partial charge >= 0.3 is 0 Å². The van der Waals surface area contributed by atoms with Gasteiger partial charge in [0.25, 0.3) is 0 Å². The molecule has 0 spiro atoms. The molecule has 1 aromatic carbocycles. The highest BCUT2D eigenvalue weighted by Gasteiger charge is 2.10. The molecule has 0 heterocycles. The molecule has 1 amide bonds. The Labute approximate surface area is 125 Å². The lowest BCUT2D eigenvalue weighted by molar-refractivity contribution is -0.119. The quantitative estimate of drug-likeness (QED) is 0.726. The molecule has 0 aliphatic heterocycles. The molecule has 1 aromatic rings. The molecular weight excluding hydrogens is 268 g/mol. The fourth-order valence-electron chi connectivity index (χ4n) is 1.90. The van der Waals surface area contributed by atoms with Gasteiger partial charge in [0.2, 0.25) is 5.91 Å². The van der Waals surface area contributed by atoms with Crippen LogP contribution in [0.4, 0.5) is 0 Å². The SMILES string of the molecule is CCN(CC(N)=O)Cc1cc(OC)ccc1C#CCCO. The second-order valence-corrected chi connectivity index (χ2v) is 4.57. The van der Waals surface area contributed by atoms with Crippen LogP contribution < -0.4 is 10.5 Å². The molecule has 0 radical (unpaired) electrons. The number of likely N-dealkylation sites (N-methyl/N-ethyl adjacent to an activating group) is 1. The second-order valence-electron chi connectivity index (χ2n) is 4.57. The zero-order valence-electron chi connectivity index (χ0n) is 12.6. The first-order valence-electron chi connectivity index (χ1n) is 6.88. The number of methoxy groups -OCH3 is 1. The van der Waals surface area contributed by atoms with Crippen LogP contribution in [-0.4, -0.2) is 42.7 Å². The smallest absolute Gasteiger partial charge is 0.231 e. The van der Waals surface area contributed by atoms with E-state index in [0.717, 1.165) is 16.9 Å². The predicted molar refractivity (Wildman–Crippen MR) is 81.7 cm³/mol. The van der Waals surface area contributed by atoms with Crippen molar-refractivity contribution in [2.45, 2.75) is 19.9 Å².